The summed E-state index contributed by atoms with van der Waals surface area (Å²) < 4.78 is 42.1. The van der Waals surface area contributed by atoms with E-state index in [0.29, 0.717) is 18.4 Å². The van der Waals surface area contributed by atoms with Crippen molar-refractivity contribution in [1.29, 1.82) is 0 Å². The SMILES string of the molecule is C[C@H]1CCCCN1CCOc1ccc(NC(=O)C(F)(F)F)cc1. The maximum absolute atomic E-state index is 12.1. The Labute approximate surface area is 133 Å². The Morgan fingerprint density at radius 3 is 2.61 bits per heavy atom. The van der Waals surface area contributed by atoms with Crippen LogP contribution in [0.25, 0.3) is 0 Å². The van der Waals surface area contributed by atoms with Crippen LogP contribution in [0.3, 0.4) is 0 Å². The zero-order valence-corrected chi connectivity index (χ0v) is 13.0. The minimum absolute atomic E-state index is 0.0873. The number of hydrogen-bond donors (Lipinski definition) is 1. The summed E-state index contributed by atoms with van der Waals surface area (Å²) in [5.74, 6) is -1.41. The first-order chi connectivity index (χ1) is 10.9. The molecule has 1 fully saturated rings. The summed E-state index contributed by atoms with van der Waals surface area (Å²) in [5, 5.41) is 1.79. The number of carbonyl (C=O) groups excluding carboxylic acids is 1. The van der Waals surface area contributed by atoms with Crippen LogP contribution in [0.2, 0.25) is 0 Å². The van der Waals surface area contributed by atoms with E-state index in [-0.39, 0.29) is 5.69 Å². The molecule has 1 aliphatic rings. The van der Waals surface area contributed by atoms with Crippen molar-refractivity contribution >= 4 is 11.6 Å². The Morgan fingerprint density at radius 1 is 1.30 bits per heavy atom. The number of carbonyl (C=O) groups is 1. The van der Waals surface area contributed by atoms with Gasteiger partial charge in [0.15, 0.2) is 0 Å². The number of likely N-dealkylation sites (tertiary alicyclic amines) is 1. The van der Waals surface area contributed by atoms with E-state index in [9.17, 15) is 18.0 Å². The Hall–Kier alpha value is -1.76. The predicted octanol–water partition coefficient (Wildman–Crippen LogP) is 3.44. The van der Waals surface area contributed by atoms with E-state index in [4.69, 9.17) is 4.74 Å². The van der Waals surface area contributed by atoms with Gasteiger partial charge in [0.1, 0.15) is 12.4 Å². The van der Waals surface area contributed by atoms with Crippen molar-refractivity contribution < 1.29 is 22.7 Å². The van der Waals surface area contributed by atoms with E-state index >= 15 is 0 Å². The summed E-state index contributed by atoms with van der Waals surface area (Å²) in [6.45, 7) is 4.64. The summed E-state index contributed by atoms with van der Waals surface area (Å²) in [6.07, 6.45) is -1.21. The molecule has 0 saturated carbocycles. The fourth-order valence-electron chi connectivity index (χ4n) is 2.61. The lowest BCUT2D eigenvalue weighted by Crippen LogP contribution is -2.39. The van der Waals surface area contributed by atoms with Gasteiger partial charge in [-0.05, 0) is 50.6 Å². The molecule has 1 atom stereocenters. The van der Waals surface area contributed by atoms with Crippen molar-refractivity contribution in [2.45, 2.75) is 38.4 Å². The van der Waals surface area contributed by atoms with Crippen molar-refractivity contribution in [2.75, 3.05) is 25.0 Å². The van der Waals surface area contributed by atoms with E-state index < -0.39 is 12.1 Å². The van der Waals surface area contributed by atoms with Gasteiger partial charge >= 0.3 is 12.1 Å². The van der Waals surface area contributed by atoms with Crippen LogP contribution < -0.4 is 10.1 Å². The average molecular weight is 330 g/mol. The molecule has 0 aromatic heterocycles. The maximum Gasteiger partial charge on any atom is 0.471 e. The Morgan fingerprint density at radius 2 is 2.00 bits per heavy atom. The van der Waals surface area contributed by atoms with Gasteiger partial charge in [0.2, 0.25) is 0 Å². The summed E-state index contributed by atoms with van der Waals surface area (Å²) in [6, 6.07) is 6.44. The summed E-state index contributed by atoms with van der Waals surface area (Å²) in [5.41, 5.74) is 0.0873. The third-order valence-electron chi connectivity index (χ3n) is 3.96. The lowest BCUT2D eigenvalue weighted by atomic mass is 10.0. The second-order valence-corrected chi connectivity index (χ2v) is 5.71. The largest absolute Gasteiger partial charge is 0.492 e. The minimum Gasteiger partial charge on any atom is -0.492 e. The number of ether oxygens (including phenoxy) is 1. The van der Waals surface area contributed by atoms with Crippen LogP contribution in [-0.4, -0.2) is 42.7 Å². The normalized spacial score (nSPS) is 19.4. The van der Waals surface area contributed by atoms with Gasteiger partial charge in [-0.3, -0.25) is 9.69 Å². The second kappa shape index (κ2) is 7.68. The smallest absolute Gasteiger partial charge is 0.471 e. The third kappa shape index (κ3) is 5.42. The fourth-order valence-corrected chi connectivity index (χ4v) is 2.61. The molecule has 0 radical (unpaired) electrons. The van der Waals surface area contributed by atoms with Crippen molar-refractivity contribution in [1.82, 2.24) is 4.90 Å². The zero-order chi connectivity index (χ0) is 16.9. The van der Waals surface area contributed by atoms with E-state index in [0.717, 1.165) is 13.1 Å². The van der Waals surface area contributed by atoms with Gasteiger partial charge in [0.25, 0.3) is 0 Å². The number of benzene rings is 1. The van der Waals surface area contributed by atoms with Crippen molar-refractivity contribution in [3.8, 4) is 5.75 Å². The van der Waals surface area contributed by atoms with Crippen molar-refractivity contribution in [2.24, 2.45) is 0 Å². The molecule has 128 valence electrons. The molecular formula is C16H21F3N2O2. The number of piperidine rings is 1. The first-order valence-corrected chi connectivity index (χ1v) is 7.71. The van der Waals surface area contributed by atoms with Crippen LogP contribution in [0.1, 0.15) is 26.2 Å². The molecule has 1 heterocycles. The molecule has 0 bridgehead atoms. The van der Waals surface area contributed by atoms with Crippen LogP contribution in [0.5, 0.6) is 5.75 Å². The fraction of sp³-hybridized carbons (Fsp3) is 0.562. The Balaban J connectivity index is 1.77. The maximum atomic E-state index is 12.1. The summed E-state index contributed by atoms with van der Waals surface area (Å²) in [7, 11) is 0. The average Bonchev–Trinajstić information content (AvgIpc) is 2.50. The molecule has 7 heteroatoms. The number of hydrogen-bond acceptors (Lipinski definition) is 3. The quantitative estimate of drug-likeness (QED) is 0.899. The molecule has 1 aliphatic heterocycles. The van der Waals surface area contributed by atoms with Crippen molar-refractivity contribution in [3.63, 3.8) is 0 Å². The van der Waals surface area contributed by atoms with Gasteiger partial charge < -0.3 is 10.1 Å². The number of amides is 1. The third-order valence-corrected chi connectivity index (χ3v) is 3.96. The molecule has 0 unspecified atom stereocenters. The Kier molecular flexibility index (Phi) is 5.87. The molecule has 0 spiro atoms. The molecule has 1 saturated heterocycles. The highest BCUT2D eigenvalue weighted by Gasteiger charge is 2.38. The lowest BCUT2D eigenvalue weighted by molar-refractivity contribution is -0.167. The predicted molar refractivity (Wildman–Crippen MR) is 81.5 cm³/mol. The number of rotatable bonds is 5. The lowest BCUT2D eigenvalue weighted by Gasteiger charge is -2.33. The molecule has 23 heavy (non-hydrogen) atoms. The van der Waals surface area contributed by atoms with Crippen LogP contribution in [0.4, 0.5) is 18.9 Å². The molecular weight excluding hydrogens is 309 g/mol. The van der Waals surface area contributed by atoms with Gasteiger partial charge in [-0.25, -0.2) is 0 Å². The number of anilines is 1. The molecule has 0 aliphatic carbocycles. The minimum atomic E-state index is -4.89. The molecule has 1 aromatic rings. The van der Waals surface area contributed by atoms with E-state index in [1.165, 1.54) is 31.4 Å². The molecule has 1 aromatic carbocycles. The number of halogens is 3. The van der Waals surface area contributed by atoms with Crippen molar-refractivity contribution in [3.05, 3.63) is 24.3 Å². The number of alkyl halides is 3. The summed E-state index contributed by atoms with van der Waals surface area (Å²) in [4.78, 5) is 13.2. The second-order valence-electron chi connectivity index (χ2n) is 5.71. The van der Waals surface area contributed by atoms with Gasteiger partial charge in [-0.2, -0.15) is 13.2 Å². The van der Waals surface area contributed by atoms with Crippen LogP contribution in [0, 0.1) is 0 Å². The molecule has 1 amide bonds. The van der Waals surface area contributed by atoms with E-state index in [2.05, 4.69) is 11.8 Å². The highest BCUT2D eigenvalue weighted by atomic mass is 19.4. The van der Waals surface area contributed by atoms with E-state index in [1.807, 2.05) is 0 Å². The van der Waals surface area contributed by atoms with Gasteiger partial charge in [0, 0.05) is 18.3 Å². The summed E-state index contributed by atoms with van der Waals surface area (Å²) >= 11 is 0. The topological polar surface area (TPSA) is 41.6 Å². The first kappa shape index (κ1) is 17.6. The molecule has 4 nitrogen and oxygen atoms in total. The standard InChI is InChI=1S/C16H21F3N2O2/c1-12-4-2-3-9-21(12)10-11-23-14-7-5-13(6-8-14)20-15(22)16(17,18)19/h5-8,12H,2-4,9-11H2,1H3,(H,20,22)/t12-/m0/s1. The Bertz CT molecular complexity index is 517. The van der Waals surface area contributed by atoms with Crippen LogP contribution in [0.15, 0.2) is 24.3 Å². The van der Waals surface area contributed by atoms with Gasteiger partial charge in [-0.15, -0.1) is 0 Å². The number of nitrogens with zero attached hydrogens (tertiary/aromatic N) is 1. The molecule has 1 N–H and O–H groups in total. The van der Waals surface area contributed by atoms with Crippen LogP contribution >= 0.6 is 0 Å². The first-order valence-electron chi connectivity index (χ1n) is 7.71. The highest BCUT2D eigenvalue weighted by molar-refractivity contribution is 5.94. The van der Waals surface area contributed by atoms with E-state index in [1.54, 1.807) is 17.4 Å². The monoisotopic (exact) mass is 330 g/mol. The zero-order valence-electron chi connectivity index (χ0n) is 13.0. The highest BCUT2D eigenvalue weighted by Crippen LogP contribution is 2.21. The van der Waals surface area contributed by atoms with Gasteiger partial charge in [0.05, 0.1) is 0 Å². The number of nitrogens with one attached hydrogen (secondary N) is 1. The molecule has 2 rings (SSSR count). The van der Waals surface area contributed by atoms with Crippen LogP contribution in [-0.2, 0) is 4.79 Å². The van der Waals surface area contributed by atoms with Gasteiger partial charge in [-0.1, -0.05) is 6.42 Å².